The van der Waals surface area contributed by atoms with Crippen molar-refractivity contribution >= 4 is 17.8 Å². The summed E-state index contributed by atoms with van der Waals surface area (Å²) in [6, 6.07) is 12.7. The Bertz CT molecular complexity index is 799. The summed E-state index contributed by atoms with van der Waals surface area (Å²) in [7, 11) is 0. The van der Waals surface area contributed by atoms with Crippen LogP contribution in [-0.2, 0) is 22.7 Å². The molecule has 1 saturated heterocycles. The number of furan rings is 1. The van der Waals surface area contributed by atoms with Crippen LogP contribution < -0.4 is 16.0 Å². The topological polar surface area (TPSA) is 104 Å². The van der Waals surface area contributed by atoms with Crippen molar-refractivity contribution in [2.45, 2.75) is 25.9 Å². The molecule has 29 heavy (non-hydrogen) atoms. The number of rotatable bonds is 7. The van der Waals surface area contributed by atoms with Crippen molar-refractivity contribution in [3.05, 3.63) is 60.1 Å². The molecule has 4 amide bonds. The van der Waals surface area contributed by atoms with E-state index in [0.29, 0.717) is 38.2 Å². The van der Waals surface area contributed by atoms with Crippen LogP contribution in [0.4, 0.5) is 4.79 Å². The van der Waals surface area contributed by atoms with E-state index in [2.05, 4.69) is 16.0 Å². The van der Waals surface area contributed by atoms with Gasteiger partial charge >= 0.3 is 6.03 Å². The van der Waals surface area contributed by atoms with Crippen LogP contribution in [0, 0.1) is 5.92 Å². The average molecular weight is 398 g/mol. The maximum Gasteiger partial charge on any atom is 0.321 e. The number of nitrogens with zero attached hydrogens (tertiary/aromatic N) is 1. The minimum atomic E-state index is -0.554. The molecule has 3 rings (SSSR count). The Kier molecular flexibility index (Phi) is 7.40. The highest BCUT2D eigenvalue weighted by Crippen LogP contribution is 2.17. The van der Waals surface area contributed by atoms with Gasteiger partial charge < -0.3 is 15.1 Å². The Balaban J connectivity index is 1.32. The van der Waals surface area contributed by atoms with E-state index >= 15 is 0 Å². The molecule has 1 aromatic heterocycles. The first-order chi connectivity index (χ1) is 14.1. The van der Waals surface area contributed by atoms with Crippen molar-refractivity contribution in [1.82, 2.24) is 20.9 Å². The zero-order chi connectivity index (χ0) is 20.5. The van der Waals surface area contributed by atoms with Gasteiger partial charge in [-0.3, -0.25) is 19.8 Å². The number of hydrogen-bond donors (Lipinski definition) is 3. The number of urea groups is 1. The molecule has 154 valence electrons. The number of piperidine rings is 1. The lowest BCUT2D eigenvalue weighted by Crippen LogP contribution is -2.47. The second-order valence-corrected chi connectivity index (χ2v) is 7.06. The summed E-state index contributed by atoms with van der Waals surface area (Å²) in [6.07, 6.45) is 2.91. The Hall–Kier alpha value is -3.13. The van der Waals surface area contributed by atoms with Crippen molar-refractivity contribution in [3.63, 3.8) is 0 Å². The summed E-state index contributed by atoms with van der Waals surface area (Å²) in [5.41, 5.74) is 1.07. The number of nitrogens with one attached hydrogen (secondary N) is 3. The highest BCUT2D eigenvalue weighted by Gasteiger charge is 2.26. The summed E-state index contributed by atoms with van der Waals surface area (Å²) in [4.78, 5) is 38.1. The van der Waals surface area contributed by atoms with E-state index < -0.39 is 6.03 Å². The monoisotopic (exact) mass is 398 g/mol. The normalized spacial score (nSPS) is 14.9. The molecular formula is C21H26N4O4. The molecule has 0 radical (unpaired) electrons. The molecule has 0 saturated carbocycles. The van der Waals surface area contributed by atoms with E-state index in [1.54, 1.807) is 12.1 Å². The highest BCUT2D eigenvalue weighted by molar-refractivity contribution is 5.95. The number of benzene rings is 1. The standard InChI is InChI=1S/C21H26N4O4/c26-19(24-21(28)23-14-18-7-4-12-29-18)15-25-10-8-17(9-11-25)20(27)22-13-16-5-2-1-3-6-16/h1-7,12,17H,8-11,13-15H2,(H,22,27)(H2,23,24,26,28). The minimum Gasteiger partial charge on any atom is -0.467 e. The van der Waals surface area contributed by atoms with Crippen LogP contribution >= 0.6 is 0 Å². The summed E-state index contributed by atoms with van der Waals surface area (Å²) in [5.74, 6) is 0.249. The lowest BCUT2D eigenvalue weighted by atomic mass is 9.96. The van der Waals surface area contributed by atoms with E-state index in [-0.39, 0.29) is 30.8 Å². The van der Waals surface area contributed by atoms with Crippen LogP contribution in [-0.4, -0.2) is 42.4 Å². The second-order valence-electron chi connectivity index (χ2n) is 7.06. The fraction of sp³-hybridized carbons (Fsp3) is 0.381. The molecule has 8 heteroatoms. The highest BCUT2D eigenvalue weighted by atomic mass is 16.3. The zero-order valence-corrected chi connectivity index (χ0v) is 16.2. The van der Waals surface area contributed by atoms with Crippen LogP contribution in [0.2, 0.25) is 0 Å². The lowest BCUT2D eigenvalue weighted by molar-refractivity contribution is -0.126. The maximum atomic E-state index is 12.3. The van der Waals surface area contributed by atoms with Gasteiger partial charge in [0.15, 0.2) is 0 Å². The minimum absolute atomic E-state index is 0.0467. The molecule has 0 bridgehead atoms. The molecule has 1 aromatic carbocycles. The van der Waals surface area contributed by atoms with Crippen LogP contribution in [0.15, 0.2) is 53.1 Å². The third-order valence-corrected chi connectivity index (χ3v) is 4.89. The molecule has 1 aliphatic rings. The quantitative estimate of drug-likeness (QED) is 0.658. The molecule has 3 N–H and O–H groups in total. The zero-order valence-electron chi connectivity index (χ0n) is 16.2. The molecule has 2 aromatic rings. The number of likely N-dealkylation sites (tertiary alicyclic amines) is 1. The molecule has 0 aliphatic carbocycles. The maximum absolute atomic E-state index is 12.3. The van der Waals surface area contributed by atoms with Gasteiger partial charge in [0.2, 0.25) is 11.8 Å². The molecule has 1 aliphatic heterocycles. The van der Waals surface area contributed by atoms with Crippen molar-refractivity contribution < 1.29 is 18.8 Å². The van der Waals surface area contributed by atoms with Crippen molar-refractivity contribution in [2.24, 2.45) is 5.92 Å². The van der Waals surface area contributed by atoms with Gasteiger partial charge in [0.25, 0.3) is 0 Å². The number of hydrogen-bond acceptors (Lipinski definition) is 5. The van der Waals surface area contributed by atoms with Crippen LogP contribution in [0.1, 0.15) is 24.2 Å². The van der Waals surface area contributed by atoms with Crippen molar-refractivity contribution in [2.75, 3.05) is 19.6 Å². The SMILES string of the molecule is O=C(CN1CCC(C(=O)NCc2ccccc2)CC1)NC(=O)NCc1ccco1. The summed E-state index contributed by atoms with van der Waals surface area (Å²) < 4.78 is 5.11. The van der Waals surface area contributed by atoms with Gasteiger partial charge in [-0.15, -0.1) is 0 Å². The van der Waals surface area contributed by atoms with Crippen LogP contribution in [0.3, 0.4) is 0 Å². The first-order valence-corrected chi connectivity index (χ1v) is 9.74. The van der Waals surface area contributed by atoms with Gasteiger partial charge in [0, 0.05) is 12.5 Å². The molecule has 0 spiro atoms. The van der Waals surface area contributed by atoms with Crippen molar-refractivity contribution in [3.8, 4) is 0 Å². The van der Waals surface area contributed by atoms with Gasteiger partial charge in [-0.2, -0.15) is 0 Å². The fourth-order valence-electron chi connectivity index (χ4n) is 3.28. The smallest absolute Gasteiger partial charge is 0.321 e. The van der Waals surface area contributed by atoms with Gasteiger partial charge in [0.05, 0.1) is 19.4 Å². The molecule has 1 fully saturated rings. The predicted molar refractivity (Wildman–Crippen MR) is 107 cm³/mol. The van der Waals surface area contributed by atoms with E-state index in [9.17, 15) is 14.4 Å². The third kappa shape index (κ3) is 6.76. The summed E-state index contributed by atoms with van der Waals surface area (Å²) in [6.45, 7) is 2.16. The largest absolute Gasteiger partial charge is 0.467 e. The number of amides is 4. The lowest BCUT2D eigenvalue weighted by Gasteiger charge is -2.30. The van der Waals surface area contributed by atoms with Gasteiger partial charge in [0.1, 0.15) is 5.76 Å². The first kappa shape index (κ1) is 20.6. The Morgan fingerprint density at radius 2 is 1.72 bits per heavy atom. The van der Waals surface area contributed by atoms with Crippen LogP contribution in [0.25, 0.3) is 0 Å². The first-order valence-electron chi connectivity index (χ1n) is 9.74. The van der Waals surface area contributed by atoms with Crippen molar-refractivity contribution in [1.29, 1.82) is 0 Å². The van der Waals surface area contributed by atoms with E-state index in [0.717, 1.165) is 5.56 Å². The van der Waals surface area contributed by atoms with E-state index in [4.69, 9.17) is 4.42 Å². The Morgan fingerprint density at radius 1 is 0.966 bits per heavy atom. The second kappa shape index (κ2) is 10.4. The Morgan fingerprint density at radius 3 is 2.41 bits per heavy atom. The molecule has 2 heterocycles. The molecule has 0 atom stereocenters. The molecule has 8 nitrogen and oxygen atoms in total. The summed E-state index contributed by atoms with van der Waals surface area (Å²) >= 11 is 0. The summed E-state index contributed by atoms with van der Waals surface area (Å²) in [5, 5.41) is 7.86. The van der Waals surface area contributed by atoms with E-state index in [1.165, 1.54) is 6.26 Å². The average Bonchev–Trinajstić information content (AvgIpc) is 3.25. The van der Waals surface area contributed by atoms with Crippen LogP contribution in [0.5, 0.6) is 0 Å². The predicted octanol–water partition coefficient (Wildman–Crippen LogP) is 1.63. The number of carbonyl (C=O) groups excluding carboxylic acids is 3. The number of imide groups is 1. The molecule has 0 unspecified atom stereocenters. The number of carbonyl (C=O) groups is 3. The van der Waals surface area contributed by atoms with Gasteiger partial charge in [-0.1, -0.05) is 30.3 Å². The van der Waals surface area contributed by atoms with Gasteiger partial charge in [-0.25, -0.2) is 4.79 Å². The molecular weight excluding hydrogens is 372 g/mol. The Labute approximate surface area is 169 Å². The van der Waals surface area contributed by atoms with E-state index in [1.807, 2.05) is 35.2 Å². The fourth-order valence-corrected chi connectivity index (χ4v) is 3.28. The third-order valence-electron chi connectivity index (χ3n) is 4.89. The van der Waals surface area contributed by atoms with Gasteiger partial charge in [-0.05, 0) is 43.6 Å².